The van der Waals surface area contributed by atoms with E-state index in [1.807, 2.05) is 0 Å². The average Bonchev–Trinajstić information content (AvgIpc) is 2.51. The lowest BCUT2D eigenvalue weighted by Crippen LogP contribution is -2.45. The van der Waals surface area contributed by atoms with Crippen LogP contribution in [0.25, 0.3) is 0 Å². The largest absolute Gasteiger partial charge is 0.394 e. The molecule has 15 heavy (non-hydrogen) atoms. The summed E-state index contributed by atoms with van der Waals surface area (Å²) in [5, 5.41) is 8.98. The predicted octanol–water partition coefficient (Wildman–Crippen LogP) is 1.56. The predicted molar refractivity (Wildman–Crippen MR) is 63.5 cm³/mol. The quantitative estimate of drug-likeness (QED) is 0.886. The molecule has 1 aromatic heterocycles. The molecule has 0 aliphatic carbocycles. The van der Waals surface area contributed by atoms with Gasteiger partial charge in [0.15, 0.2) is 0 Å². The van der Waals surface area contributed by atoms with Gasteiger partial charge in [-0.05, 0) is 41.9 Å². The second kappa shape index (κ2) is 4.50. The maximum atomic E-state index is 11.8. The van der Waals surface area contributed by atoms with Gasteiger partial charge in [-0.15, -0.1) is 11.3 Å². The normalized spacial score (nSPS) is 13.1. The Morgan fingerprint density at radius 2 is 2.13 bits per heavy atom. The molecule has 0 saturated carbocycles. The van der Waals surface area contributed by atoms with Crippen molar-refractivity contribution in [3.63, 3.8) is 0 Å². The molecule has 0 unspecified atom stereocenters. The number of aliphatic hydroxyl groups is 1. The van der Waals surface area contributed by atoms with Crippen LogP contribution in [0, 0.1) is 0 Å². The van der Waals surface area contributed by atoms with Gasteiger partial charge in [-0.25, -0.2) is 13.1 Å². The van der Waals surface area contributed by atoms with E-state index in [0.717, 1.165) is 15.1 Å². The number of hydrogen-bond donors (Lipinski definition) is 2. The van der Waals surface area contributed by atoms with Crippen LogP contribution in [0.4, 0.5) is 0 Å². The number of sulfonamides is 1. The summed E-state index contributed by atoms with van der Waals surface area (Å²) in [6.07, 6.45) is 0. The highest BCUT2D eigenvalue weighted by molar-refractivity contribution is 9.11. The first-order chi connectivity index (χ1) is 6.77. The van der Waals surface area contributed by atoms with Crippen LogP contribution in [0.15, 0.2) is 20.1 Å². The summed E-state index contributed by atoms with van der Waals surface area (Å²) in [5.41, 5.74) is -0.852. The highest BCUT2D eigenvalue weighted by atomic mass is 79.9. The molecule has 2 N–H and O–H groups in total. The summed E-state index contributed by atoms with van der Waals surface area (Å²) in [6, 6.07) is 3.19. The van der Waals surface area contributed by atoms with E-state index in [1.165, 1.54) is 6.07 Å². The van der Waals surface area contributed by atoms with Gasteiger partial charge in [-0.1, -0.05) is 0 Å². The molecular weight excluding hydrogens is 302 g/mol. The van der Waals surface area contributed by atoms with Gasteiger partial charge in [0.1, 0.15) is 4.21 Å². The van der Waals surface area contributed by atoms with Crippen LogP contribution in [-0.4, -0.2) is 25.7 Å². The van der Waals surface area contributed by atoms with Crippen molar-refractivity contribution in [2.45, 2.75) is 23.6 Å². The zero-order valence-electron chi connectivity index (χ0n) is 8.32. The SMILES string of the molecule is CC(C)(CO)NS(=O)(=O)c1ccc(Br)s1. The summed E-state index contributed by atoms with van der Waals surface area (Å²) < 4.78 is 27.0. The van der Waals surface area contributed by atoms with Crippen molar-refractivity contribution in [1.29, 1.82) is 0 Å². The molecule has 0 radical (unpaired) electrons. The molecule has 4 nitrogen and oxygen atoms in total. The third-order valence-corrected chi connectivity index (χ3v) is 5.43. The van der Waals surface area contributed by atoms with E-state index < -0.39 is 15.6 Å². The zero-order valence-corrected chi connectivity index (χ0v) is 11.5. The topological polar surface area (TPSA) is 66.4 Å². The maximum Gasteiger partial charge on any atom is 0.250 e. The maximum absolute atomic E-state index is 11.8. The van der Waals surface area contributed by atoms with Gasteiger partial charge < -0.3 is 5.11 Å². The minimum Gasteiger partial charge on any atom is -0.394 e. The third kappa shape index (κ3) is 3.53. The van der Waals surface area contributed by atoms with E-state index in [1.54, 1.807) is 19.9 Å². The molecule has 0 amide bonds. The molecule has 0 aliphatic rings. The van der Waals surface area contributed by atoms with Crippen LogP contribution >= 0.6 is 27.3 Å². The summed E-state index contributed by atoms with van der Waals surface area (Å²) >= 11 is 4.33. The smallest absolute Gasteiger partial charge is 0.250 e. The Morgan fingerprint density at radius 1 is 1.53 bits per heavy atom. The number of nitrogens with one attached hydrogen (secondary N) is 1. The summed E-state index contributed by atoms with van der Waals surface area (Å²) in [6.45, 7) is 2.99. The first kappa shape index (κ1) is 13.1. The van der Waals surface area contributed by atoms with Crippen LogP contribution < -0.4 is 4.72 Å². The molecule has 1 aromatic rings. The van der Waals surface area contributed by atoms with Crippen molar-refractivity contribution in [3.8, 4) is 0 Å². The van der Waals surface area contributed by atoms with Crippen LogP contribution in [0.2, 0.25) is 0 Å². The summed E-state index contributed by atoms with van der Waals surface area (Å²) in [5.74, 6) is 0. The lowest BCUT2D eigenvalue weighted by atomic mass is 10.1. The van der Waals surface area contributed by atoms with Gasteiger partial charge in [-0.3, -0.25) is 0 Å². The standard InChI is InChI=1S/C8H12BrNO3S2/c1-8(2,5-11)10-15(12,13)7-4-3-6(9)14-7/h3-4,10-11H,5H2,1-2H3. The van der Waals surface area contributed by atoms with Crippen LogP contribution in [0.3, 0.4) is 0 Å². The fourth-order valence-corrected chi connectivity index (χ4v) is 4.30. The van der Waals surface area contributed by atoms with E-state index >= 15 is 0 Å². The molecular formula is C8H12BrNO3S2. The molecule has 0 spiro atoms. The van der Waals surface area contributed by atoms with E-state index in [0.29, 0.717) is 0 Å². The Morgan fingerprint density at radius 3 is 2.53 bits per heavy atom. The Labute approximate surface area is 102 Å². The molecule has 0 aromatic carbocycles. The van der Waals surface area contributed by atoms with Crippen molar-refractivity contribution in [1.82, 2.24) is 4.72 Å². The third-order valence-electron chi connectivity index (χ3n) is 1.62. The fourth-order valence-electron chi connectivity index (χ4n) is 0.888. The van der Waals surface area contributed by atoms with E-state index in [2.05, 4.69) is 20.7 Å². The van der Waals surface area contributed by atoms with Crippen molar-refractivity contribution in [3.05, 3.63) is 15.9 Å². The van der Waals surface area contributed by atoms with Gasteiger partial charge in [0.25, 0.3) is 10.0 Å². The summed E-state index contributed by atoms with van der Waals surface area (Å²) in [7, 11) is -3.53. The fraction of sp³-hybridized carbons (Fsp3) is 0.500. The second-order valence-corrected chi connectivity index (χ2v) is 8.08. The Hall–Kier alpha value is 0.0500. The first-order valence-corrected chi connectivity index (χ1v) is 7.26. The molecule has 0 fully saturated rings. The lowest BCUT2D eigenvalue weighted by Gasteiger charge is -2.22. The zero-order chi connectivity index (χ0) is 11.7. The Kier molecular flexibility index (Phi) is 3.94. The molecule has 0 saturated heterocycles. The van der Waals surface area contributed by atoms with E-state index in [4.69, 9.17) is 5.11 Å². The minimum absolute atomic E-state index is 0.232. The molecule has 86 valence electrons. The van der Waals surface area contributed by atoms with Crippen LogP contribution in [-0.2, 0) is 10.0 Å². The lowest BCUT2D eigenvalue weighted by molar-refractivity contribution is 0.208. The number of halogens is 1. The van der Waals surface area contributed by atoms with Crippen LogP contribution in [0.5, 0.6) is 0 Å². The highest BCUT2D eigenvalue weighted by Gasteiger charge is 2.26. The van der Waals surface area contributed by atoms with E-state index in [-0.39, 0.29) is 10.8 Å². The van der Waals surface area contributed by atoms with Crippen LogP contribution in [0.1, 0.15) is 13.8 Å². The molecule has 7 heteroatoms. The van der Waals surface area contributed by atoms with Gasteiger partial charge in [0.05, 0.1) is 15.9 Å². The molecule has 1 rings (SSSR count). The number of rotatable bonds is 4. The summed E-state index contributed by atoms with van der Waals surface area (Å²) in [4.78, 5) is 0. The number of aliphatic hydroxyl groups excluding tert-OH is 1. The second-order valence-electron chi connectivity index (χ2n) is 3.71. The molecule has 0 aliphatic heterocycles. The van der Waals surface area contributed by atoms with E-state index in [9.17, 15) is 8.42 Å². The van der Waals surface area contributed by atoms with Gasteiger partial charge in [0.2, 0.25) is 0 Å². The monoisotopic (exact) mass is 313 g/mol. The Bertz CT molecular complexity index is 438. The molecule has 0 atom stereocenters. The highest BCUT2D eigenvalue weighted by Crippen LogP contribution is 2.26. The number of hydrogen-bond acceptors (Lipinski definition) is 4. The van der Waals surface area contributed by atoms with Crippen molar-refractivity contribution < 1.29 is 13.5 Å². The van der Waals surface area contributed by atoms with Gasteiger partial charge in [-0.2, -0.15) is 0 Å². The van der Waals surface area contributed by atoms with Gasteiger partial charge >= 0.3 is 0 Å². The minimum atomic E-state index is -3.53. The van der Waals surface area contributed by atoms with Crippen molar-refractivity contribution in [2.75, 3.05) is 6.61 Å². The first-order valence-electron chi connectivity index (χ1n) is 4.17. The number of thiophene rings is 1. The van der Waals surface area contributed by atoms with Gasteiger partial charge in [0, 0.05) is 0 Å². The molecule has 0 bridgehead atoms. The Balaban J connectivity index is 2.95. The van der Waals surface area contributed by atoms with Crippen molar-refractivity contribution in [2.24, 2.45) is 0 Å². The van der Waals surface area contributed by atoms with Crippen molar-refractivity contribution >= 4 is 37.3 Å². The molecule has 1 heterocycles. The average molecular weight is 314 g/mol.